The summed E-state index contributed by atoms with van der Waals surface area (Å²) in [5, 5.41) is 0.682. The summed E-state index contributed by atoms with van der Waals surface area (Å²) in [4.78, 5) is 15.5. The Balaban J connectivity index is 2.32. The van der Waals surface area contributed by atoms with Crippen LogP contribution in [0.3, 0.4) is 0 Å². The first-order valence-corrected chi connectivity index (χ1v) is 5.97. The van der Waals surface area contributed by atoms with Gasteiger partial charge in [-0.2, -0.15) is 0 Å². The van der Waals surface area contributed by atoms with E-state index < -0.39 is 5.97 Å². The third-order valence-electron chi connectivity index (χ3n) is 2.50. The van der Waals surface area contributed by atoms with Gasteiger partial charge in [0.15, 0.2) is 5.69 Å². The van der Waals surface area contributed by atoms with Crippen LogP contribution in [0.5, 0.6) is 0 Å². The third-order valence-corrected chi connectivity index (χ3v) is 2.74. The number of imidazole rings is 1. The number of aromatic nitrogens is 2. The second-order valence-corrected chi connectivity index (χ2v) is 4.25. The maximum atomic E-state index is 11.5. The summed E-state index contributed by atoms with van der Waals surface area (Å²) < 4.78 is 6.67. The van der Waals surface area contributed by atoms with E-state index in [1.807, 2.05) is 19.1 Å². The first-order valence-electron chi connectivity index (χ1n) is 5.59. The van der Waals surface area contributed by atoms with E-state index in [1.54, 1.807) is 30.1 Å². The Morgan fingerprint density at radius 3 is 2.94 bits per heavy atom. The molecule has 0 aliphatic rings. The molecular formula is C13H13ClN2O2. The molecule has 1 aromatic heterocycles. The highest BCUT2D eigenvalue weighted by Crippen LogP contribution is 2.19. The van der Waals surface area contributed by atoms with Gasteiger partial charge in [-0.25, -0.2) is 9.78 Å². The van der Waals surface area contributed by atoms with E-state index >= 15 is 0 Å². The number of ether oxygens (including phenoxy) is 1. The van der Waals surface area contributed by atoms with Crippen molar-refractivity contribution >= 4 is 17.6 Å². The summed E-state index contributed by atoms with van der Waals surface area (Å²) in [6, 6.07) is 5.54. The van der Waals surface area contributed by atoms with Crippen molar-refractivity contribution in [1.29, 1.82) is 0 Å². The summed E-state index contributed by atoms with van der Waals surface area (Å²) >= 11 is 5.90. The lowest BCUT2D eigenvalue weighted by atomic mass is 10.2. The Hall–Kier alpha value is -1.81. The Labute approximate surface area is 110 Å². The van der Waals surface area contributed by atoms with Gasteiger partial charge in [0.2, 0.25) is 0 Å². The van der Waals surface area contributed by atoms with E-state index in [4.69, 9.17) is 16.3 Å². The van der Waals surface area contributed by atoms with Gasteiger partial charge in [-0.05, 0) is 37.6 Å². The fourth-order valence-corrected chi connectivity index (χ4v) is 1.90. The van der Waals surface area contributed by atoms with Crippen LogP contribution in [-0.2, 0) is 4.74 Å². The summed E-state index contributed by atoms with van der Waals surface area (Å²) in [7, 11) is 0. The second kappa shape index (κ2) is 5.23. The van der Waals surface area contributed by atoms with Crippen LogP contribution in [0, 0.1) is 6.92 Å². The smallest absolute Gasteiger partial charge is 0.358 e. The average molecular weight is 265 g/mol. The van der Waals surface area contributed by atoms with E-state index in [0.29, 0.717) is 17.3 Å². The summed E-state index contributed by atoms with van der Waals surface area (Å²) in [5.41, 5.74) is 2.24. The van der Waals surface area contributed by atoms with Crippen LogP contribution in [-0.4, -0.2) is 22.1 Å². The molecule has 4 nitrogen and oxygen atoms in total. The van der Waals surface area contributed by atoms with Crippen LogP contribution in [0.2, 0.25) is 5.02 Å². The molecule has 2 rings (SSSR count). The predicted octanol–water partition coefficient (Wildman–Crippen LogP) is 3.01. The van der Waals surface area contributed by atoms with Crippen LogP contribution in [0.1, 0.15) is 23.0 Å². The maximum absolute atomic E-state index is 11.5. The van der Waals surface area contributed by atoms with Crippen LogP contribution in [0.4, 0.5) is 0 Å². The largest absolute Gasteiger partial charge is 0.461 e. The minimum atomic E-state index is -0.414. The molecular weight excluding hydrogens is 252 g/mol. The lowest BCUT2D eigenvalue weighted by Gasteiger charge is -2.06. The van der Waals surface area contributed by atoms with Crippen molar-refractivity contribution in [2.45, 2.75) is 13.8 Å². The monoisotopic (exact) mass is 264 g/mol. The topological polar surface area (TPSA) is 44.1 Å². The van der Waals surface area contributed by atoms with Crippen LogP contribution in [0.15, 0.2) is 30.7 Å². The van der Waals surface area contributed by atoms with Crippen molar-refractivity contribution < 1.29 is 9.53 Å². The Bertz CT molecular complexity index is 578. The number of hydrogen-bond donors (Lipinski definition) is 0. The molecule has 94 valence electrons. The van der Waals surface area contributed by atoms with E-state index in [9.17, 15) is 4.79 Å². The molecule has 0 amide bonds. The molecule has 5 heteroatoms. The van der Waals surface area contributed by atoms with Gasteiger partial charge in [0.25, 0.3) is 0 Å². The lowest BCUT2D eigenvalue weighted by Crippen LogP contribution is -2.04. The van der Waals surface area contributed by atoms with E-state index in [1.165, 1.54) is 0 Å². The standard InChI is InChI=1S/C13H13ClN2O2/c1-3-18-13(17)11-7-16(8-15-11)12-5-4-10(14)6-9(12)2/h4-8H,3H2,1-2H3. The molecule has 0 atom stereocenters. The molecule has 1 aromatic carbocycles. The molecule has 0 unspecified atom stereocenters. The van der Waals surface area contributed by atoms with Crippen molar-refractivity contribution in [3.8, 4) is 5.69 Å². The van der Waals surface area contributed by atoms with Crippen molar-refractivity contribution in [3.05, 3.63) is 47.0 Å². The fourth-order valence-electron chi connectivity index (χ4n) is 1.67. The number of aryl methyl sites for hydroxylation is 1. The van der Waals surface area contributed by atoms with Crippen molar-refractivity contribution in [2.24, 2.45) is 0 Å². The molecule has 0 radical (unpaired) electrons. The van der Waals surface area contributed by atoms with Gasteiger partial charge >= 0.3 is 5.97 Å². The number of halogens is 1. The molecule has 0 N–H and O–H groups in total. The quantitative estimate of drug-likeness (QED) is 0.801. The minimum Gasteiger partial charge on any atom is -0.461 e. The molecule has 0 bridgehead atoms. The van der Waals surface area contributed by atoms with Crippen LogP contribution in [0.25, 0.3) is 5.69 Å². The molecule has 1 heterocycles. The number of hydrogen-bond acceptors (Lipinski definition) is 3. The Morgan fingerprint density at radius 2 is 2.28 bits per heavy atom. The Kier molecular flexibility index (Phi) is 3.67. The normalized spacial score (nSPS) is 10.4. The number of benzene rings is 1. The number of carbonyl (C=O) groups excluding carboxylic acids is 1. The zero-order valence-electron chi connectivity index (χ0n) is 10.2. The fraction of sp³-hybridized carbons (Fsp3) is 0.231. The zero-order valence-corrected chi connectivity index (χ0v) is 10.9. The highest BCUT2D eigenvalue weighted by atomic mass is 35.5. The molecule has 0 saturated carbocycles. The van der Waals surface area contributed by atoms with E-state index in [2.05, 4.69) is 4.98 Å². The Morgan fingerprint density at radius 1 is 1.50 bits per heavy atom. The molecule has 0 fully saturated rings. The summed E-state index contributed by atoms with van der Waals surface area (Å²) in [5.74, 6) is -0.414. The predicted molar refractivity (Wildman–Crippen MR) is 69.3 cm³/mol. The van der Waals surface area contributed by atoms with Crippen molar-refractivity contribution in [2.75, 3.05) is 6.61 Å². The lowest BCUT2D eigenvalue weighted by molar-refractivity contribution is 0.0520. The minimum absolute atomic E-state index is 0.297. The number of nitrogens with zero attached hydrogens (tertiary/aromatic N) is 2. The molecule has 18 heavy (non-hydrogen) atoms. The highest BCUT2D eigenvalue weighted by Gasteiger charge is 2.11. The zero-order chi connectivity index (χ0) is 13.1. The molecule has 0 spiro atoms. The van der Waals surface area contributed by atoms with E-state index in [-0.39, 0.29) is 0 Å². The maximum Gasteiger partial charge on any atom is 0.358 e. The molecule has 0 aliphatic carbocycles. The second-order valence-electron chi connectivity index (χ2n) is 3.82. The molecule has 0 saturated heterocycles. The van der Waals surface area contributed by atoms with Gasteiger partial charge in [-0.3, -0.25) is 0 Å². The first-order chi connectivity index (χ1) is 8.61. The average Bonchev–Trinajstić information content (AvgIpc) is 2.78. The van der Waals surface area contributed by atoms with Crippen molar-refractivity contribution in [1.82, 2.24) is 9.55 Å². The van der Waals surface area contributed by atoms with Crippen molar-refractivity contribution in [3.63, 3.8) is 0 Å². The summed E-state index contributed by atoms with van der Waals surface area (Å²) in [6.07, 6.45) is 3.23. The molecule has 2 aromatic rings. The number of rotatable bonds is 3. The highest BCUT2D eigenvalue weighted by molar-refractivity contribution is 6.30. The van der Waals surface area contributed by atoms with E-state index in [0.717, 1.165) is 11.3 Å². The third kappa shape index (κ3) is 2.54. The number of carbonyl (C=O) groups is 1. The SMILES string of the molecule is CCOC(=O)c1cn(-c2ccc(Cl)cc2C)cn1. The van der Waals surface area contributed by atoms with Crippen LogP contribution >= 0.6 is 11.6 Å². The van der Waals surface area contributed by atoms with Gasteiger partial charge < -0.3 is 9.30 Å². The van der Waals surface area contributed by atoms with Gasteiger partial charge in [-0.1, -0.05) is 11.6 Å². The number of esters is 1. The summed E-state index contributed by atoms with van der Waals surface area (Å²) in [6.45, 7) is 4.05. The molecule has 0 aliphatic heterocycles. The van der Waals surface area contributed by atoms with Crippen LogP contribution < -0.4 is 0 Å². The van der Waals surface area contributed by atoms with Gasteiger partial charge in [0.05, 0.1) is 6.61 Å². The van der Waals surface area contributed by atoms with Gasteiger partial charge in [0, 0.05) is 16.9 Å². The van der Waals surface area contributed by atoms with Gasteiger partial charge in [-0.15, -0.1) is 0 Å². The first kappa shape index (κ1) is 12.6. The van der Waals surface area contributed by atoms with Gasteiger partial charge in [0.1, 0.15) is 6.33 Å².